The van der Waals surface area contributed by atoms with E-state index in [0.717, 1.165) is 19.4 Å². The zero-order valence-corrected chi connectivity index (χ0v) is 10.6. The fraction of sp³-hybridized carbons (Fsp3) is 0.923. The van der Waals surface area contributed by atoms with Crippen LogP contribution < -0.4 is 5.48 Å². The molecule has 1 heterocycles. The summed E-state index contributed by atoms with van der Waals surface area (Å²) < 4.78 is 0. The molecule has 1 saturated heterocycles. The second-order valence-electron chi connectivity index (χ2n) is 5.20. The third-order valence-electron chi connectivity index (χ3n) is 3.86. The standard InChI is InChI=1S/C13H24N2O2/c16-13(12-6-2-1-3-7-12)14-17-11-10-15-8-4-5-9-15/h12H,1-11H2,(H,14,16). The Hall–Kier alpha value is -0.610. The minimum absolute atomic E-state index is 0.0890. The van der Waals surface area contributed by atoms with E-state index in [1.165, 1.54) is 45.2 Å². The Labute approximate surface area is 104 Å². The van der Waals surface area contributed by atoms with Crippen LogP contribution in [0.5, 0.6) is 0 Å². The lowest BCUT2D eigenvalue weighted by Crippen LogP contribution is -2.34. The maximum Gasteiger partial charge on any atom is 0.246 e. The van der Waals surface area contributed by atoms with Gasteiger partial charge in [0, 0.05) is 12.5 Å². The van der Waals surface area contributed by atoms with Crippen LogP contribution in [0.25, 0.3) is 0 Å². The van der Waals surface area contributed by atoms with Crippen molar-refractivity contribution in [2.45, 2.75) is 44.9 Å². The summed E-state index contributed by atoms with van der Waals surface area (Å²) in [6, 6.07) is 0. The van der Waals surface area contributed by atoms with E-state index in [0.29, 0.717) is 6.61 Å². The van der Waals surface area contributed by atoms with Crippen molar-refractivity contribution < 1.29 is 9.63 Å². The van der Waals surface area contributed by atoms with E-state index in [1.54, 1.807) is 0 Å². The van der Waals surface area contributed by atoms with Gasteiger partial charge in [0.25, 0.3) is 0 Å². The van der Waals surface area contributed by atoms with Gasteiger partial charge in [-0.1, -0.05) is 19.3 Å². The van der Waals surface area contributed by atoms with E-state index in [9.17, 15) is 4.79 Å². The van der Waals surface area contributed by atoms with Crippen molar-refractivity contribution in [3.05, 3.63) is 0 Å². The molecular formula is C13H24N2O2. The van der Waals surface area contributed by atoms with Gasteiger partial charge in [-0.2, -0.15) is 0 Å². The van der Waals surface area contributed by atoms with Gasteiger partial charge >= 0.3 is 0 Å². The zero-order chi connectivity index (χ0) is 11.9. The van der Waals surface area contributed by atoms with Gasteiger partial charge in [0.05, 0.1) is 6.61 Å². The monoisotopic (exact) mass is 240 g/mol. The Balaban J connectivity index is 1.53. The maximum absolute atomic E-state index is 11.7. The number of carbonyl (C=O) groups is 1. The summed E-state index contributed by atoms with van der Waals surface area (Å²) >= 11 is 0. The van der Waals surface area contributed by atoms with Crippen molar-refractivity contribution in [1.82, 2.24) is 10.4 Å². The molecule has 1 aliphatic carbocycles. The molecule has 0 aromatic carbocycles. The minimum atomic E-state index is 0.0890. The molecule has 1 N–H and O–H groups in total. The predicted octanol–water partition coefficient (Wildman–Crippen LogP) is 1.71. The highest BCUT2D eigenvalue weighted by Gasteiger charge is 2.21. The molecule has 0 aromatic rings. The van der Waals surface area contributed by atoms with Crippen LogP contribution in [0.4, 0.5) is 0 Å². The molecule has 4 nitrogen and oxygen atoms in total. The van der Waals surface area contributed by atoms with Gasteiger partial charge in [-0.15, -0.1) is 0 Å². The first-order valence-electron chi connectivity index (χ1n) is 7.00. The highest BCUT2D eigenvalue weighted by Crippen LogP contribution is 2.23. The number of hydrogen-bond donors (Lipinski definition) is 1. The molecule has 0 atom stereocenters. The first kappa shape index (κ1) is 12.8. The SMILES string of the molecule is O=C(NOCCN1CCCC1)C1CCCCC1. The van der Waals surface area contributed by atoms with Gasteiger partial charge < -0.3 is 4.90 Å². The number of carbonyl (C=O) groups excluding carboxylic acids is 1. The molecule has 0 spiro atoms. The highest BCUT2D eigenvalue weighted by atomic mass is 16.7. The molecule has 0 unspecified atom stereocenters. The van der Waals surface area contributed by atoms with Crippen LogP contribution in [0.15, 0.2) is 0 Å². The number of hydroxylamine groups is 1. The summed E-state index contributed by atoms with van der Waals surface area (Å²) in [4.78, 5) is 19.4. The van der Waals surface area contributed by atoms with Crippen LogP contribution in [-0.4, -0.2) is 37.0 Å². The van der Waals surface area contributed by atoms with E-state index in [1.807, 2.05) is 0 Å². The van der Waals surface area contributed by atoms with E-state index >= 15 is 0 Å². The summed E-state index contributed by atoms with van der Waals surface area (Å²) in [6.45, 7) is 3.91. The summed E-state index contributed by atoms with van der Waals surface area (Å²) in [5.74, 6) is 0.279. The van der Waals surface area contributed by atoms with E-state index in [4.69, 9.17) is 4.84 Å². The molecule has 0 bridgehead atoms. The van der Waals surface area contributed by atoms with Crippen molar-refractivity contribution in [1.29, 1.82) is 0 Å². The molecule has 17 heavy (non-hydrogen) atoms. The molecule has 1 amide bonds. The number of nitrogens with one attached hydrogen (secondary N) is 1. The molecular weight excluding hydrogens is 216 g/mol. The minimum Gasteiger partial charge on any atom is -0.301 e. The predicted molar refractivity (Wildman–Crippen MR) is 66.3 cm³/mol. The average Bonchev–Trinajstić information content (AvgIpc) is 2.88. The topological polar surface area (TPSA) is 41.6 Å². The van der Waals surface area contributed by atoms with Crippen molar-refractivity contribution >= 4 is 5.91 Å². The quantitative estimate of drug-likeness (QED) is 0.587. The number of nitrogens with zero attached hydrogens (tertiary/aromatic N) is 1. The molecule has 4 heteroatoms. The van der Waals surface area contributed by atoms with Crippen LogP contribution in [0, 0.1) is 5.92 Å². The molecule has 2 aliphatic rings. The lowest BCUT2D eigenvalue weighted by atomic mass is 9.89. The van der Waals surface area contributed by atoms with Crippen molar-refractivity contribution in [3.63, 3.8) is 0 Å². The average molecular weight is 240 g/mol. The van der Waals surface area contributed by atoms with Gasteiger partial charge in [-0.05, 0) is 38.8 Å². The second-order valence-corrected chi connectivity index (χ2v) is 5.20. The Morgan fingerprint density at radius 3 is 2.53 bits per heavy atom. The van der Waals surface area contributed by atoms with Gasteiger partial charge in [0.2, 0.25) is 5.91 Å². The summed E-state index contributed by atoms with van der Waals surface area (Å²) in [5.41, 5.74) is 2.61. The third kappa shape index (κ3) is 4.28. The molecule has 0 aromatic heterocycles. The highest BCUT2D eigenvalue weighted by molar-refractivity contribution is 5.77. The van der Waals surface area contributed by atoms with Crippen LogP contribution in [0.1, 0.15) is 44.9 Å². The van der Waals surface area contributed by atoms with Gasteiger partial charge in [0.15, 0.2) is 0 Å². The fourth-order valence-electron chi connectivity index (χ4n) is 2.75. The Kier molecular flexibility index (Phi) is 5.26. The molecule has 98 valence electrons. The lowest BCUT2D eigenvalue weighted by molar-refractivity contribution is -0.139. The normalized spacial score (nSPS) is 22.8. The maximum atomic E-state index is 11.7. The van der Waals surface area contributed by atoms with E-state index in [-0.39, 0.29) is 11.8 Å². The van der Waals surface area contributed by atoms with Crippen LogP contribution in [-0.2, 0) is 9.63 Å². The van der Waals surface area contributed by atoms with Crippen LogP contribution >= 0.6 is 0 Å². The fourth-order valence-corrected chi connectivity index (χ4v) is 2.75. The van der Waals surface area contributed by atoms with E-state index in [2.05, 4.69) is 10.4 Å². The van der Waals surface area contributed by atoms with E-state index < -0.39 is 0 Å². The Bertz CT molecular complexity index is 234. The first-order valence-corrected chi connectivity index (χ1v) is 7.00. The van der Waals surface area contributed by atoms with Crippen molar-refractivity contribution in [2.75, 3.05) is 26.2 Å². The molecule has 2 fully saturated rings. The number of likely N-dealkylation sites (tertiary alicyclic amines) is 1. The van der Waals surface area contributed by atoms with Crippen LogP contribution in [0.2, 0.25) is 0 Å². The number of amides is 1. The molecule has 1 aliphatic heterocycles. The second kappa shape index (κ2) is 6.97. The van der Waals surface area contributed by atoms with Gasteiger partial charge in [0.1, 0.15) is 0 Å². The van der Waals surface area contributed by atoms with Crippen molar-refractivity contribution in [3.8, 4) is 0 Å². The summed E-state index contributed by atoms with van der Waals surface area (Å²) in [6.07, 6.45) is 8.31. The summed E-state index contributed by atoms with van der Waals surface area (Å²) in [7, 11) is 0. The first-order chi connectivity index (χ1) is 8.36. The van der Waals surface area contributed by atoms with Crippen LogP contribution in [0.3, 0.4) is 0 Å². The van der Waals surface area contributed by atoms with Crippen molar-refractivity contribution in [2.24, 2.45) is 5.92 Å². The molecule has 1 saturated carbocycles. The molecule has 0 radical (unpaired) electrons. The smallest absolute Gasteiger partial charge is 0.246 e. The van der Waals surface area contributed by atoms with Gasteiger partial charge in [-0.3, -0.25) is 9.63 Å². The lowest BCUT2D eigenvalue weighted by Gasteiger charge is -2.21. The summed E-state index contributed by atoms with van der Waals surface area (Å²) in [5, 5.41) is 0. The Morgan fingerprint density at radius 2 is 1.82 bits per heavy atom. The largest absolute Gasteiger partial charge is 0.301 e. The third-order valence-corrected chi connectivity index (χ3v) is 3.86. The number of hydrogen-bond acceptors (Lipinski definition) is 3. The Morgan fingerprint density at radius 1 is 1.12 bits per heavy atom. The van der Waals surface area contributed by atoms with Gasteiger partial charge in [-0.25, -0.2) is 5.48 Å². The molecule has 2 rings (SSSR count). The number of rotatable bonds is 5. The zero-order valence-electron chi connectivity index (χ0n) is 10.6.